The Kier molecular flexibility index (Phi) is 7.75. The van der Waals surface area contributed by atoms with E-state index in [1.807, 2.05) is 41.3 Å². The molecule has 7 nitrogen and oxygen atoms in total. The van der Waals surface area contributed by atoms with E-state index in [-0.39, 0.29) is 29.1 Å². The highest BCUT2D eigenvalue weighted by molar-refractivity contribution is 6.01. The van der Waals surface area contributed by atoms with Crippen molar-refractivity contribution in [2.75, 3.05) is 12.4 Å². The van der Waals surface area contributed by atoms with Crippen LogP contribution in [0.25, 0.3) is 10.9 Å². The fraction of sp³-hybridized carbons (Fsp3) is 0.417. The number of amides is 2. The number of nitrogens with zero attached hydrogens (tertiary/aromatic N) is 2. The number of carbonyl (C=O) groups is 2. The highest BCUT2D eigenvalue weighted by Crippen LogP contribution is 2.67. The largest absolute Gasteiger partial charge is 0.497 e. The van der Waals surface area contributed by atoms with E-state index < -0.39 is 5.54 Å². The molecule has 2 aromatic heterocycles. The normalized spacial score (nSPS) is 20.4. The van der Waals surface area contributed by atoms with Crippen LogP contribution in [-0.2, 0) is 16.1 Å². The second-order valence-electron chi connectivity index (χ2n) is 12.9. The number of carbonyl (C=O) groups excluding carboxylic acids is 2. The molecule has 0 saturated heterocycles. The van der Waals surface area contributed by atoms with Crippen LogP contribution in [0, 0.1) is 18.3 Å². The second-order valence-corrected chi connectivity index (χ2v) is 12.9. The van der Waals surface area contributed by atoms with Gasteiger partial charge >= 0.3 is 0 Å². The van der Waals surface area contributed by atoms with E-state index >= 15 is 0 Å². The fourth-order valence-electron chi connectivity index (χ4n) is 7.53. The van der Waals surface area contributed by atoms with E-state index in [4.69, 9.17) is 4.74 Å². The standard InChI is InChI=1S/C36H42N4O3/c1-24-32(28-12-6-7-13-30(28)38-24)33-29(35(33,2)3)21-31(41)40(23-25-11-10-20-37-22-25)36(18-8-5-9-19-36)34(42)39-26-14-16-27(43-4)17-15-26/h6-7,10-17,20,22,29,33,38H,5,8-9,18-19,21,23H2,1-4H3,(H,39,42)/t29-,33-/m1/s1. The predicted octanol–water partition coefficient (Wildman–Crippen LogP) is 7.38. The topological polar surface area (TPSA) is 87.3 Å². The Balaban J connectivity index is 1.32. The number of aromatic amines is 1. The van der Waals surface area contributed by atoms with Gasteiger partial charge in [0, 0.05) is 47.6 Å². The Hall–Kier alpha value is -4.13. The molecule has 6 rings (SSSR count). The number of ether oxygens (including phenoxy) is 1. The Labute approximate surface area is 254 Å². The van der Waals surface area contributed by atoms with Crippen LogP contribution in [0.3, 0.4) is 0 Å². The van der Waals surface area contributed by atoms with Gasteiger partial charge in [0.2, 0.25) is 11.8 Å². The number of fused-ring (bicyclic) bond motifs is 1. The maximum Gasteiger partial charge on any atom is 0.250 e. The van der Waals surface area contributed by atoms with Crippen molar-refractivity contribution in [3.63, 3.8) is 0 Å². The molecule has 2 aliphatic carbocycles. The van der Waals surface area contributed by atoms with Crippen LogP contribution < -0.4 is 10.1 Å². The van der Waals surface area contributed by atoms with Crippen molar-refractivity contribution in [1.29, 1.82) is 0 Å². The van der Waals surface area contributed by atoms with Gasteiger partial charge < -0.3 is 19.9 Å². The molecule has 2 aromatic carbocycles. The number of para-hydroxylation sites is 1. The van der Waals surface area contributed by atoms with Gasteiger partial charge in [-0.05, 0) is 84.5 Å². The molecule has 7 heteroatoms. The van der Waals surface area contributed by atoms with Gasteiger partial charge in [0.1, 0.15) is 11.3 Å². The van der Waals surface area contributed by atoms with Crippen LogP contribution in [0.5, 0.6) is 5.75 Å². The molecule has 0 radical (unpaired) electrons. The number of nitrogens with one attached hydrogen (secondary N) is 2. The number of aromatic nitrogens is 2. The quantitative estimate of drug-likeness (QED) is 0.217. The zero-order valence-electron chi connectivity index (χ0n) is 25.7. The molecule has 2 N–H and O–H groups in total. The summed E-state index contributed by atoms with van der Waals surface area (Å²) in [6, 6.07) is 19.7. The van der Waals surface area contributed by atoms with Gasteiger partial charge in [-0.2, -0.15) is 0 Å². The Morgan fingerprint density at radius 1 is 1.02 bits per heavy atom. The van der Waals surface area contributed by atoms with Crippen LogP contribution in [0.2, 0.25) is 0 Å². The maximum atomic E-state index is 14.6. The number of benzene rings is 2. The molecule has 2 aliphatic rings. The molecule has 2 heterocycles. The summed E-state index contributed by atoms with van der Waals surface area (Å²) in [4.78, 5) is 38.7. The Morgan fingerprint density at radius 2 is 1.77 bits per heavy atom. The van der Waals surface area contributed by atoms with Crippen molar-refractivity contribution in [3.8, 4) is 5.75 Å². The molecule has 224 valence electrons. The molecule has 0 aliphatic heterocycles. The number of hydrogen-bond donors (Lipinski definition) is 2. The molecule has 2 fully saturated rings. The van der Waals surface area contributed by atoms with Crippen molar-refractivity contribution in [2.24, 2.45) is 11.3 Å². The highest BCUT2D eigenvalue weighted by Gasteiger charge is 2.60. The van der Waals surface area contributed by atoms with Gasteiger partial charge in [-0.25, -0.2) is 0 Å². The first kappa shape index (κ1) is 29.0. The summed E-state index contributed by atoms with van der Waals surface area (Å²) in [5, 5.41) is 4.40. The Morgan fingerprint density at radius 3 is 2.47 bits per heavy atom. The average molecular weight is 579 g/mol. The average Bonchev–Trinajstić information content (AvgIpc) is 3.37. The first-order chi connectivity index (χ1) is 20.7. The highest BCUT2D eigenvalue weighted by atomic mass is 16.5. The summed E-state index contributed by atoms with van der Waals surface area (Å²) in [6.45, 7) is 7.04. The van der Waals surface area contributed by atoms with Gasteiger partial charge in [-0.1, -0.05) is 57.4 Å². The van der Waals surface area contributed by atoms with Crippen LogP contribution in [0.1, 0.15) is 75.1 Å². The van der Waals surface area contributed by atoms with Crippen molar-refractivity contribution in [2.45, 2.75) is 77.3 Å². The lowest BCUT2D eigenvalue weighted by Gasteiger charge is -2.45. The number of H-pyrrole nitrogens is 1. The first-order valence-electron chi connectivity index (χ1n) is 15.5. The third kappa shape index (κ3) is 5.41. The van der Waals surface area contributed by atoms with Gasteiger partial charge in [-0.15, -0.1) is 0 Å². The fourth-order valence-corrected chi connectivity index (χ4v) is 7.53. The Bertz CT molecular complexity index is 1600. The predicted molar refractivity (Wildman–Crippen MR) is 170 cm³/mol. The minimum atomic E-state index is -0.934. The molecule has 43 heavy (non-hydrogen) atoms. The zero-order valence-corrected chi connectivity index (χ0v) is 25.7. The monoisotopic (exact) mass is 578 g/mol. The summed E-state index contributed by atoms with van der Waals surface area (Å²) >= 11 is 0. The number of anilines is 1. The van der Waals surface area contributed by atoms with Crippen LogP contribution >= 0.6 is 0 Å². The van der Waals surface area contributed by atoms with Gasteiger partial charge in [0.25, 0.3) is 0 Å². The molecule has 0 spiro atoms. The number of rotatable bonds is 9. The van der Waals surface area contributed by atoms with Gasteiger partial charge in [-0.3, -0.25) is 14.6 Å². The maximum absolute atomic E-state index is 14.6. The summed E-state index contributed by atoms with van der Waals surface area (Å²) in [7, 11) is 1.62. The number of methoxy groups -OCH3 is 1. The smallest absolute Gasteiger partial charge is 0.250 e. The van der Waals surface area contributed by atoms with Crippen LogP contribution in [0.4, 0.5) is 5.69 Å². The lowest BCUT2D eigenvalue weighted by molar-refractivity contribution is -0.149. The summed E-state index contributed by atoms with van der Waals surface area (Å²) in [5.41, 5.74) is 4.29. The van der Waals surface area contributed by atoms with Crippen molar-refractivity contribution in [1.82, 2.24) is 14.9 Å². The SMILES string of the molecule is COc1ccc(NC(=O)C2(N(Cc3cccnc3)C(=O)C[C@@H]3[C@H](c4c(C)[nH]c5ccccc45)C3(C)C)CCCCC2)cc1. The van der Waals surface area contributed by atoms with E-state index in [0.29, 0.717) is 31.5 Å². The van der Waals surface area contributed by atoms with E-state index in [1.165, 1.54) is 16.6 Å². The molecule has 2 saturated carbocycles. The van der Waals surface area contributed by atoms with Crippen molar-refractivity contribution in [3.05, 3.63) is 89.9 Å². The third-order valence-corrected chi connectivity index (χ3v) is 10.0. The van der Waals surface area contributed by atoms with E-state index in [2.05, 4.69) is 60.3 Å². The lowest BCUT2D eigenvalue weighted by Crippen LogP contribution is -2.59. The van der Waals surface area contributed by atoms with E-state index in [0.717, 1.165) is 36.1 Å². The van der Waals surface area contributed by atoms with Crippen LogP contribution in [-0.4, -0.2) is 39.3 Å². The van der Waals surface area contributed by atoms with Crippen LogP contribution in [0.15, 0.2) is 73.1 Å². The first-order valence-corrected chi connectivity index (χ1v) is 15.5. The minimum Gasteiger partial charge on any atom is -0.497 e. The van der Waals surface area contributed by atoms with E-state index in [9.17, 15) is 9.59 Å². The number of aryl methyl sites for hydroxylation is 1. The van der Waals surface area contributed by atoms with Crippen molar-refractivity contribution >= 4 is 28.4 Å². The molecular formula is C36H42N4O3. The molecule has 2 amide bonds. The van der Waals surface area contributed by atoms with Crippen molar-refractivity contribution < 1.29 is 14.3 Å². The molecule has 2 atom stereocenters. The minimum absolute atomic E-state index is 0.0313. The third-order valence-electron chi connectivity index (χ3n) is 10.0. The molecule has 0 unspecified atom stereocenters. The lowest BCUT2D eigenvalue weighted by atomic mass is 9.78. The second kappa shape index (κ2) is 11.5. The molecule has 0 bridgehead atoms. The van der Waals surface area contributed by atoms with Gasteiger partial charge in [0.05, 0.1) is 7.11 Å². The zero-order chi connectivity index (χ0) is 30.2. The summed E-state index contributed by atoms with van der Waals surface area (Å²) in [6.07, 6.45) is 8.08. The molecular weight excluding hydrogens is 536 g/mol. The molecule has 4 aromatic rings. The van der Waals surface area contributed by atoms with Gasteiger partial charge in [0.15, 0.2) is 0 Å². The number of hydrogen-bond acceptors (Lipinski definition) is 4. The summed E-state index contributed by atoms with van der Waals surface area (Å²) < 4.78 is 5.30. The van der Waals surface area contributed by atoms with E-state index in [1.54, 1.807) is 19.5 Å². The number of pyridine rings is 1. The summed E-state index contributed by atoms with van der Waals surface area (Å²) in [5.74, 6) is 1.09.